The van der Waals surface area contributed by atoms with Crippen LogP contribution in [0.15, 0.2) is 101 Å². The van der Waals surface area contributed by atoms with Crippen LogP contribution in [0.25, 0.3) is 0 Å². The quantitative estimate of drug-likeness (QED) is 0.126. The lowest BCUT2D eigenvalue weighted by atomic mass is 9.63. The number of esters is 2. The number of rotatable bonds is 8. The predicted molar refractivity (Wildman–Crippen MR) is 179 cm³/mol. The van der Waals surface area contributed by atoms with Crippen molar-refractivity contribution in [2.75, 3.05) is 0 Å². The van der Waals surface area contributed by atoms with E-state index in [2.05, 4.69) is 19.6 Å². The Hall–Kier alpha value is -3.48. The maximum Gasteiger partial charge on any atom is 0.343 e. The van der Waals surface area contributed by atoms with Crippen molar-refractivity contribution < 1.29 is 34.0 Å². The highest BCUT2D eigenvalue weighted by Gasteiger charge is 2.74. The number of epoxide rings is 1. The van der Waals surface area contributed by atoms with Crippen LogP contribution in [0.5, 0.6) is 0 Å². The first-order valence-corrected chi connectivity index (χ1v) is 16.1. The van der Waals surface area contributed by atoms with Crippen LogP contribution in [0, 0.1) is 10.8 Å². The largest absolute Gasteiger partial charge is 0.462 e. The average Bonchev–Trinajstić information content (AvgIpc) is 3.37. The van der Waals surface area contributed by atoms with Gasteiger partial charge in [0.05, 0.1) is 17.3 Å². The van der Waals surface area contributed by atoms with Gasteiger partial charge in [0.2, 0.25) is 0 Å². The second-order valence-electron chi connectivity index (χ2n) is 14.9. The summed E-state index contributed by atoms with van der Waals surface area (Å²) in [6.45, 7) is 17.3. The number of hydrogen-bond donors (Lipinski definition) is 2. The van der Waals surface area contributed by atoms with Crippen molar-refractivity contribution in [3.63, 3.8) is 0 Å². The van der Waals surface area contributed by atoms with E-state index in [1.54, 1.807) is 19.1 Å². The van der Waals surface area contributed by atoms with E-state index in [1.807, 2.05) is 89.3 Å². The molecule has 0 bridgehead atoms. The number of hydrogen-bond acceptors (Lipinski definition) is 7. The van der Waals surface area contributed by atoms with E-state index in [4.69, 9.17) is 14.2 Å². The van der Waals surface area contributed by atoms with Gasteiger partial charge in [-0.15, -0.1) is 5.73 Å². The molecular formula is C39H50O7. The number of ether oxygens (including phenoxy) is 3. The summed E-state index contributed by atoms with van der Waals surface area (Å²) in [5.74, 6) is -0.242. The van der Waals surface area contributed by atoms with Gasteiger partial charge in [-0.05, 0) is 81.4 Å². The molecule has 0 spiro atoms. The minimum atomic E-state index is -1.12. The Kier molecular flexibility index (Phi) is 9.97. The van der Waals surface area contributed by atoms with Gasteiger partial charge >= 0.3 is 11.9 Å². The normalized spacial score (nSPS) is 34.7. The van der Waals surface area contributed by atoms with Crippen LogP contribution >= 0.6 is 0 Å². The fourth-order valence-corrected chi connectivity index (χ4v) is 7.63. The molecule has 0 aromatic rings. The van der Waals surface area contributed by atoms with E-state index in [0.29, 0.717) is 37.0 Å². The highest BCUT2D eigenvalue weighted by molar-refractivity contribution is 5.95. The summed E-state index contributed by atoms with van der Waals surface area (Å²) in [7, 11) is 0. The minimum Gasteiger partial charge on any atom is -0.462 e. The third kappa shape index (κ3) is 7.72. The molecule has 2 aliphatic heterocycles. The molecule has 3 fully saturated rings. The molecule has 0 radical (unpaired) electrons. The zero-order valence-corrected chi connectivity index (χ0v) is 28.8. The SMILES string of the molecule is CC(=O)O[C@H]1CC(C)(C)C(=C=C(C)/C=C/C=C/C=C/C=C(C)/C=C2C=C(/C=C/[C@@]34O[C@]3(C)CC(O)CC4(C)C)C(=O)O/2)[C@](C)(O)C1. The molecule has 0 aromatic heterocycles. The summed E-state index contributed by atoms with van der Waals surface area (Å²) in [6, 6.07) is 0. The molecule has 2 N–H and O–H groups in total. The van der Waals surface area contributed by atoms with E-state index in [1.165, 1.54) is 6.92 Å². The van der Waals surface area contributed by atoms with E-state index >= 15 is 0 Å². The molecule has 2 heterocycles. The number of aliphatic hydroxyl groups is 2. The van der Waals surface area contributed by atoms with Crippen molar-refractivity contribution in [2.24, 2.45) is 10.8 Å². The number of allylic oxidation sites excluding steroid dienone is 10. The second-order valence-corrected chi connectivity index (χ2v) is 14.9. The first-order valence-electron chi connectivity index (χ1n) is 16.1. The van der Waals surface area contributed by atoms with Gasteiger partial charge in [-0.2, -0.15) is 0 Å². The van der Waals surface area contributed by atoms with Gasteiger partial charge < -0.3 is 24.4 Å². The van der Waals surface area contributed by atoms with Gasteiger partial charge in [-0.1, -0.05) is 70.2 Å². The molecule has 5 atom stereocenters. The summed E-state index contributed by atoms with van der Waals surface area (Å²) in [5, 5.41) is 21.4. The van der Waals surface area contributed by atoms with Gasteiger partial charge in [0, 0.05) is 30.8 Å². The third-order valence-electron chi connectivity index (χ3n) is 9.50. The van der Waals surface area contributed by atoms with Gasteiger partial charge in [-0.3, -0.25) is 4.79 Å². The molecule has 2 aliphatic carbocycles. The van der Waals surface area contributed by atoms with Crippen molar-refractivity contribution in [1.29, 1.82) is 0 Å². The summed E-state index contributed by atoms with van der Waals surface area (Å²) in [4.78, 5) is 24.0. The lowest BCUT2D eigenvalue weighted by molar-refractivity contribution is -0.152. The fraction of sp³-hybridized carbons (Fsp3) is 0.513. The number of carbonyl (C=O) groups excluding carboxylic acids is 2. The Bertz CT molecular complexity index is 1510. The van der Waals surface area contributed by atoms with E-state index in [9.17, 15) is 19.8 Å². The molecule has 46 heavy (non-hydrogen) atoms. The lowest BCUT2D eigenvalue weighted by Gasteiger charge is -2.44. The second kappa shape index (κ2) is 13.0. The van der Waals surface area contributed by atoms with Crippen LogP contribution < -0.4 is 0 Å². The van der Waals surface area contributed by atoms with Crippen LogP contribution in [-0.2, 0) is 23.8 Å². The van der Waals surface area contributed by atoms with Crippen molar-refractivity contribution >= 4 is 11.9 Å². The summed E-state index contributed by atoms with van der Waals surface area (Å²) in [6.07, 6.45) is 22.2. The van der Waals surface area contributed by atoms with Gasteiger partial charge in [0.1, 0.15) is 23.1 Å². The third-order valence-corrected chi connectivity index (χ3v) is 9.50. The molecule has 4 rings (SSSR count). The first kappa shape index (κ1) is 35.4. The summed E-state index contributed by atoms with van der Waals surface area (Å²) < 4.78 is 17.1. The standard InChI is InChI=1S/C39H50O7/c1-26(19-31-21-29(34(42)45-31)17-18-39-36(6,7)22-30(41)23-38(39,9)46-39)15-13-11-10-12-14-16-27(2)20-33-35(4,5)24-32(44-28(3)40)25-37(33,8)43/h10-19,21,30,32,41,43H,22-25H2,1-9H3/b12-10+,13-11+,16-14+,18-17+,26-15+,31-19-/t20?,30?,32-,37+,38+,39-/m0/s1. The molecule has 1 unspecified atom stereocenters. The Labute approximate surface area is 274 Å². The van der Waals surface area contributed by atoms with Crippen LogP contribution in [0.3, 0.4) is 0 Å². The predicted octanol–water partition coefficient (Wildman–Crippen LogP) is 7.21. The van der Waals surface area contributed by atoms with E-state index in [0.717, 1.165) is 16.7 Å². The number of aliphatic hydroxyl groups excluding tert-OH is 1. The Balaban J connectivity index is 1.35. The van der Waals surface area contributed by atoms with Crippen molar-refractivity contribution in [3.8, 4) is 0 Å². The molecule has 248 valence electrons. The Morgan fingerprint density at radius 1 is 0.978 bits per heavy atom. The van der Waals surface area contributed by atoms with Crippen LogP contribution in [-0.4, -0.2) is 51.2 Å². The summed E-state index contributed by atoms with van der Waals surface area (Å²) >= 11 is 0. The first-order chi connectivity index (χ1) is 21.3. The number of fused-ring (bicyclic) bond motifs is 1. The van der Waals surface area contributed by atoms with Crippen molar-refractivity contribution in [3.05, 3.63) is 101 Å². The van der Waals surface area contributed by atoms with E-state index in [-0.39, 0.29) is 29.0 Å². The van der Waals surface area contributed by atoms with Gasteiger partial charge in [0.15, 0.2) is 0 Å². The maximum absolute atomic E-state index is 12.5. The number of cyclic esters (lactones) is 1. The minimum absolute atomic E-state index is 0.256. The van der Waals surface area contributed by atoms with Gasteiger partial charge in [-0.25, -0.2) is 4.79 Å². The fourth-order valence-electron chi connectivity index (χ4n) is 7.63. The molecule has 7 heteroatoms. The van der Waals surface area contributed by atoms with E-state index < -0.39 is 22.8 Å². The summed E-state index contributed by atoms with van der Waals surface area (Å²) in [5.41, 5.74) is 3.80. The molecule has 2 saturated carbocycles. The highest BCUT2D eigenvalue weighted by atomic mass is 16.6. The molecule has 0 amide bonds. The smallest absolute Gasteiger partial charge is 0.343 e. The van der Waals surface area contributed by atoms with Crippen LogP contribution in [0.2, 0.25) is 0 Å². The number of carbonyl (C=O) groups is 2. The zero-order valence-electron chi connectivity index (χ0n) is 28.8. The average molecular weight is 631 g/mol. The molecule has 4 aliphatic rings. The van der Waals surface area contributed by atoms with Crippen molar-refractivity contribution in [1.82, 2.24) is 0 Å². The molecule has 0 aromatic carbocycles. The Morgan fingerprint density at radius 2 is 1.65 bits per heavy atom. The topological polar surface area (TPSA) is 106 Å². The molecule has 7 nitrogen and oxygen atoms in total. The van der Waals surface area contributed by atoms with Crippen LogP contribution in [0.4, 0.5) is 0 Å². The van der Waals surface area contributed by atoms with Gasteiger partial charge in [0.25, 0.3) is 0 Å². The maximum atomic E-state index is 12.5. The lowest BCUT2D eigenvalue weighted by Crippen LogP contribution is -2.46. The molecular weight excluding hydrogens is 580 g/mol. The van der Waals surface area contributed by atoms with Crippen molar-refractivity contribution in [2.45, 2.75) is 117 Å². The zero-order chi connectivity index (χ0) is 34.1. The van der Waals surface area contributed by atoms with Crippen LogP contribution in [0.1, 0.15) is 88.0 Å². The monoisotopic (exact) mass is 630 g/mol. The Morgan fingerprint density at radius 3 is 2.30 bits per heavy atom. The highest BCUT2D eigenvalue weighted by Crippen LogP contribution is 2.66. The molecule has 1 saturated heterocycles.